The van der Waals surface area contributed by atoms with Crippen molar-refractivity contribution in [3.05, 3.63) is 35.4 Å². The van der Waals surface area contributed by atoms with Crippen LogP contribution in [0.3, 0.4) is 0 Å². The number of carboxylic acids is 1. The van der Waals surface area contributed by atoms with Crippen molar-refractivity contribution in [3.63, 3.8) is 0 Å². The van der Waals surface area contributed by atoms with Crippen molar-refractivity contribution < 1.29 is 25.1 Å². The van der Waals surface area contributed by atoms with Gasteiger partial charge in [0.05, 0.1) is 5.66 Å². The second kappa shape index (κ2) is 4.26. The average molecular weight is 255 g/mol. The van der Waals surface area contributed by atoms with Crippen molar-refractivity contribution in [2.24, 2.45) is 0 Å². The number of fused-ring (bicyclic) bond motifs is 1. The lowest BCUT2D eigenvalue weighted by Crippen LogP contribution is -2.51. The molecule has 1 unspecified atom stereocenters. The maximum atomic E-state index is 12.0. The lowest BCUT2D eigenvalue weighted by molar-refractivity contribution is -0.343. The van der Waals surface area contributed by atoms with Crippen LogP contribution in [0.25, 0.3) is 0 Å². The summed E-state index contributed by atoms with van der Waals surface area (Å²) in [6, 6.07) is 6.98. The fourth-order valence-electron chi connectivity index (χ4n) is 2.40. The van der Waals surface area contributed by atoms with Crippen LogP contribution in [-0.2, 0) is 15.8 Å². The first-order chi connectivity index (χ1) is 7.97. The van der Waals surface area contributed by atoms with Gasteiger partial charge < -0.3 is 20.5 Å². The molecule has 0 aliphatic heterocycles. The highest BCUT2D eigenvalue weighted by molar-refractivity contribution is 7.58. The Kier molecular flexibility index (Phi) is 3.08. The third-order valence-electron chi connectivity index (χ3n) is 3.30. The van der Waals surface area contributed by atoms with Crippen molar-refractivity contribution >= 4 is 13.3 Å². The summed E-state index contributed by atoms with van der Waals surface area (Å²) < 4.78 is 12.0. The van der Waals surface area contributed by atoms with E-state index in [0.717, 1.165) is 5.56 Å². The van der Waals surface area contributed by atoms with Crippen molar-refractivity contribution in [1.82, 2.24) is 0 Å². The molecule has 0 radical (unpaired) electrons. The van der Waals surface area contributed by atoms with Crippen LogP contribution in [0, 0.1) is 0 Å². The second-order valence-electron chi connectivity index (χ2n) is 4.25. The Morgan fingerprint density at radius 2 is 2.18 bits per heavy atom. The van der Waals surface area contributed by atoms with Crippen molar-refractivity contribution in [2.45, 2.75) is 18.0 Å². The predicted octanol–water partition coefficient (Wildman–Crippen LogP) is -1.09. The van der Waals surface area contributed by atoms with Crippen LogP contribution in [0.2, 0.25) is 0 Å². The van der Waals surface area contributed by atoms with Crippen molar-refractivity contribution in [1.29, 1.82) is 0 Å². The Bertz CT molecular complexity index is 502. The minimum absolute atomic E-state index is 0.157. The maximum absolute atomic E-state index is 12.0. The van der Waals surface area contributed by atoms with Gasteiger partial charge in [0, 0.05) is 11.9 Å². The zero-order chi connectivity index (χ0) is 12.6. The number of rotatable bonds is 3. The first-order valence-electron chi connectivity index (χ1n) is 5.37. The van der Waals surface area contributed by atoms with Crippen LogP contribution in [0.5, 0.6) is 0 Å². The maximum Gasteiger partial charge on any atom is 0.257 e. The van der Waals surface area contributed by atoms with E-state index in [1.165, 1.54) is 0 Å². The molecule has 3 atom stereocenters. The van der Waals surface area contributed by atoms with Gasteiger partial charge in [0.15, 0.2) is 6.29 Å². The Balaban J connectivity index is 2.47. The third-order valence-corrected chi connectivity index (χ3v) is 5.45. The van der Waals surface area contributed by atoms with Gasteiger partial charge in [0.25, 0.3) is 7.37 Å². The molecule has 5 nitrogen and oxygen atoms in total. The predicted molar refractivity (Wildman–Crippen MR) is 59.3 cm³/mol. The molecule has 1 aromatic rings. The highest BCUT2D eigenvalue weighted by atomic mass is 31.2. The van der Waals surface area contributed by atoms with Crippen LogP contribution >= 0.6 is 7.37 Å². The molecule has 2 rings (SSSR count). The third kappa shape index (κ3) is 2.02. The lowest BCUT2D eigenvalue weighted by Gasteiger charge is -2.23. The molecule has 0 bridgehead atoms. The summed E-state index contributed by atoms with van der Waals surface area (Å²) in [5.74, 6) is -2.29. The Morgan fingerprint density at radius 3 is 2.76 bits per heavy atom. The summed E-state index contributed by atoms with van der Waals surface area (Å²) >= 11 is 0. The zero-order valence-electron chi connectivity index (χ0n) is 9.20. The SMILES string of the molecule is [NH3+]CP(=O)(O)[C@@H]1Cc2ccccc2[C@H]1C(=O)[O-]. The molecule has 0 aromatic heterocycles. The molecule has 1 aliphatic rings. The van der Waals surface area contributed by atoms with E-state index in [1.54, 1.807) is 24.3 Å². The highest BCUT2D eigenvalue weighted by Gasteiger charge is 2.44. The summed E-state index contributed by atoms with van der Waals surface area (Å²) in [7, 11) is -3.55. The minimum Gasteiger partial charge on any atom is -0.549 e. The number of hydrogen-bond donors (Lipinski definition) is 2. The van der Waals surface area contributed by atoms with E-state index in [-0.39, 0.29) is 6.29 Å². The standard InChI is InChI=1S/C11H14NO4P/c12-6-17(15,16)9-5-7-3-1-2-4-8(7)10(9)11(13)14/h1-4,9-10H,5-6,12H2,(H,13,14)(H,15,16)/t9-,10-/m1/s1. The Labute approximate surface area is 98.7 Å². The van der Waals surface area contributed by atoms with Gasteiger partial charge in [-0.05, 0) is 17.5 Å². The zero-order valence-corrected chi connectivity index (χ0v) is 10.1. The quantitative estimate of drug-likeness (QED) is 0.670. The Hall–Kier alpha value is -1.16. The number of hydrogen-bond acceptors (Lipinski definition) is 3. The molecule has 4 N–H and O–H groups in total. The number of aliphatic carboxylic acids is 1. The van der Waals surface area contributed by atoms with Gasteiger partial charge in [-0.15, -0.1) is 0 Å². The monoisotopic (exact) mass is 255 g/mol. The van der Waals surface area contributed by atoms with Gasteiger partial charge in [0.2, 0.25) is 0 Å². The van der Waals surface area contributed by atoms with Gasteiger partial charge in [-0.25, -0.2) is 0 Å². The molecular formula is C11H14NO4P. The number of carboxylic acid groups (broad SMARTS) is 1. The molecule has 17 heavy (non-hydrogen) atoms. The van der Waals surface area contributed by atoms with Gasteiger partial charge in [-0.2, -0.15) is 0 Å². The minimum atomic E-state index is -3.55. The average Bonchev–Trinajstić information content (AvgIpc) is 2.68. The van der Waals surface area contributed by atoms with Crippen molar-refractivity contribution in [2.75, 3.05) is 6.29 Å². The lowest BCUT2D eigenvalue weighted by atomic mass is 10.0. The number of quaternary nitrogens is 1. The largest absolute Gasteiger partial charge is 0.549 e. The topological polar surface area (TPSA) is 105 Å². The summed E-state index contributed by atoms with van der Waals surface area (Å²) in [6.45, 7) is 0. The van der Waals surface area contributed by atoms with E-state index in [4.69, 9.17) is 0 Å². The molecule has 1 aromatic carbocycles. The molecule has 0 amide bonds. The van der Waals surface area contributed by atoms with E-state index < -0.39 is 24.9 Å². The van der Waals surface area contributed by atoms with E-state index in [0.29, 0.717) is 12.0 Å². The molecule has 0 saturated heterocycles. The Morgan fingerprint density at radius 1 is 1.53 bits per heavy atom. The van der Waals surface area contributed by atoms with E-state index >= 15 is 0 Å². The summed E-state index contributed by atoms with van der Waals surface area (Å²) in [5, 5.41) is 11.2. The first kappa shape index (κ1) is 12.3. The smallest absolute Gasteiger partial charge is 0.257 e. The van der Waals surface area contributed by atoms with Crippen LogP contribution in [0.4, 0.5) is 0 Å². The summed E-state index contributed by atoms with van der Waals surface area (Å²) in [6.07, 6.45) is 0.146. The number of benzene rings is 1. The van der Waals surface area contributed by atoms with Crippen LogP contribution < -0.4 is 10.8 Å². The molecule has 0 spiro atoms. The molecule has 0 fully saturated rings. The van der Waals surface area contributed by atoms with Gasteiger partial charge in [-0.3, -0.25) is 4.57 Å². The van der Waals surface area contributed by atoms with E-state index in [9.17, 15) is 19.4 Å². The summed E-state index contributed by atoms with van der Waals surface area (Å²) in [4.78, 5) is 21.0. The number of carbonyl (C=O) groups excluding carboxylic acids is 1. The molecule has 6 heteroatoms. The fraction of sp³-hybridized carbons (Fsp3) is 0.364. The van der Waals surface area contributed by atoms with E-state index in [1.807, 2.05) is 0 Å². The fourth-order valence-corrected chi connectivity index (χ4v) is 3.96. The number of carbonyl (C=O) groups is 1. The van der Waals surface area contributed by atoms with E-state index in [2.05, 4.69) is 5.73 Å². The second-order valence-corrected chi connectivity index (χ2v) is 6.87. The van der Waals surface area contributed by atoms with Crippen LogP contribution in [0.15, 0.2) is 24.3 Å². The van der Waals surface area contributed by atoms with Gasteiger partial charge in [-0.1, -0.05) is 24.3 Å². The molecular weight excluding hydrogens is 241 g/mol. The van der Waals surface area contributed by atoms with Gasteiger partial charge in [0.1, 0.15) is 0 Å². The molecule has 0 saturated carbocycles. The molecule has 1 aliphatic carbocycles. The first-order valence-corrected chi connectivity index (χ1v) is 7.28. The van der Waals surface area contributed by atoms with Gasteiger partial charge >= 0.3 is 0 Å². The molecule has 92 valence electrons. The normalized spacial score (nSPS) is 26.2. The van der Waals surface area contributed by atoms with Crippen molar-refractivity contribution in [3.8, 4) is 0 Å². The summed E-state index contributed by atoms with van der Waals surface area (Å²) in [5.41, 5.74) is 4.04. The van der Waals surface area contributed by atoms with Crippen LogP contribution in [-0.4, -0.2) is 22.8 Å². The van der Waals surface area contributed by atoms with Crippen LogP contribution in [0.1, 0.15) is 17.0 Å². The highest BCUT2D eigenvalue weighted by Crippen LogP contribution is 2.54. The molecule has 0 heterocycles.